The lowest BCUT2D eigenvalue weighted by atomic mass is 10.2. The molecule has 0 spiro atoms. The summed E-state index contributed by atoms with van der Waals surface area (Å²) in [6.07, 6.45) is 4.10. The quantitative estimate of drug-likeness (QED) is 0.462. The van der Waals surface area contributed by atoms with Gasteiger partial charge in [-0.1, -0.05) is 30.3 Å². The number of hydrogen-bond donors (Lipinski definition) is 3. The maximum atomic E-state index is 6.17. The second-order valence-electron chi connectivity index (χ2n) is 7.44. The smallest absolute Gasteiger partial charge is 0.145 e. The summed E-state index contributed by atoms with van der Waals surface area (Å²) in [6, 6.07) is 22.0. The van der Waals surface area contributed by atoms with Gasteiger partial charge in [0, 0.05) is 28.4 Å². The normalized spacial score (nSPS) is 14.9. The first-order valence-corrected chi connectivity index (χ1v) is 9.87. The lowest BCUT2D eigenvalue weighted by Gasteiger charge is -2.03. The number of nitrogens with zero attached hydrogens (tertiary/aromatic N) is 1. The van der Waals surface area contributed by atoms with E-state index in [0.29, 0.717) is 6.61 Å². The first-order chi connectivity index (χ1) is 14.6. The number of fused-ring (bicyclic) bond motifs is 1. The third-order valence-corrected chi connectivity index (χ3v) is 5.06. The summed E-state index contributed by atoms with van der Waals surface area (Å²) in [5.41, 5.74) is 10.8. The van der Waals surface area contributed by atoms with E-state index in [0.717, 1.165) is 55.4 Å². The highest BCUT2D eigenvalue weighted by Crippen LogP contribution is 2.09. The van der Waals surface area contributed by atoms with Crippen LogP contribution in [0.25, 0.3) is 17.8 Å². The average molecular weight is 394 g/mol. The first-order valence-electron chi connectivity index (χ1n) is 9.87. The summed E-state index contributed by atoms with van der Waals surface area (Å²) >= 11 is 0. The summed E-state index contributed by atoms with van der Waals surface area (Å²) < 4.78 is 6.17. The highest BCUT2D eigenvalue weighted by atomic mass is 16.5. The molecule has 0 saturated heterocycles. The predicted molar refractivity (Wildman–Crippen MR) is 119 cm³/mol. The highest BCUT2D eigenvalue weighted by molar-refractivity contribution is 5.77. The summed E-state index contributed by atoms with van der Waals surface area (Å²) in [6.45, 7) is 2.53. The average Bonchev–Trinajstić information content (AvgIpc) is 3.45. The van der Waals surface area contributed by atoms with Gasteiger partial charge < -0.3 is 20.4 Å². The van der Waals surface area contributed by atoms with Gasteiger partial charge in [-0.05, 0) is 55.0 Å². The van der Waals surface area contributed by atoms with Crippen LogP contribution < -0.4 is 31.7 Å². The van der Waals surface area contributed by atoms with E-state index in [1.54, 1.807) is 0 Å². The Morgan fingerprint density at radius 3 is 2.67 bits per heavy atom. The fourth-order valence-corrected chi connectivity index (χ4v) is 3.55. The third-order valence-electron chi connectivity index (χ3n) is 5.06. The number of aromatic amines is 2. The van der Waals surface area contributed by atoms with Crippen LogP contribution >= 0.6 is 0 Å². The van der Waals surface area contributed by atoms with Crippen LogP contribution in [0, 0.1) is 6.92 Å². The molecule has 148 valence electrons. The van der Waals surface area contributed by atoms with Crippen LogP contribution in [-0.2, 0) is 6.61 Å². The minimum absolute atomic E-state index is 0.496. The van der Waals surface area contributed by atoms with Crippen LogP contribution in [0.1, 0.15) is 17.0 Å². The molecule has 5 rings (SSSR count). The number of rotatable bonds is 4. The minimum atomic E-state index is 0.496. The molecular weight excluding hydrogens is 372 g/mol. The molecule has 3 heterocycles. The topological polar surface area (TPSA) is 79.2 Å². The molecular formula is C25H22N4O. The van der Waals surface area contributed by atoms with Crippen molar-refractivity contribution in [2.45, 2.75) is 13.5 Å². The lowest BCUT2D eigenvalue weighted by Crippen LogP contribution is -2.20. The van der Waals surface area contributed by atoms with Crippen LogP contribution in [0.4, 0.5) is 5.69 Å². The summed E-state index contributed by atoms with van der Waals surface area (Å²) in [4.78, 5) is 11.6. The molecule has 5 heteroatoms. The van der Waals surface area contributed by atoms with Gasteiger partial charge in [0.05, 0.1) is 21.8 Å². The van der Waals surface area contributed by atoms with Crippen LogP contribution in [0.5, 0.6) is 5.75 Å². The van der Waals surface area contributed by atoms with Gasteiger partial charge in [-0.15, -0.1) is 0 Å². The van der Waals surface area contributed by atoms with E-state index in [4.69, 9.17) is 15.5 Å². The summed E-state index contributed by atoms with van der Waals surface area (Å²) in [5, 5.41) is 3.75. The van der Waals surface area contributed by atoms with Crippen molar-refractivity contribution in [3.63, 3.8) is 0 Å². The van der Waals surface area contributed by atoms with E-state index in [1.165, 1.54) is 0 Å². The molecule has 0 amide bonds. The second kappa shape index (κ2) is 7.44. The molecule has 0 aliphatic carbocycles. The fraction of sp³-hybridized carbons (Fsp3) is 0.0800. The van der Waals surface area contributed by atoms with Gasteiger partial charge in [0.2, 0.25) is 0 Å². The number of nitrogens with one attached hydrogen (secondary N) is 2. The fourth-order valence-electron chi connectivity index (χ4n) is 3.55. The number of aryl methyl sites for hydroxylation is 1. The van der Waals surface area contributed by atoms with Crippen molar-refractivity contribution in [1.82, 2.24) is 9.97 Å². The number of aromatic nitrogens is 2. The SMILES string of the molecule is Cc1ccc(/C=c2/[nH]/c(=C3/C=c4cc(N)ccc4=N3)cc2OCc2ccccc2)[nH]1. The molecule has 2 aromatic carbocycles. The molecule has 0 atom stereocenters. The molecule has 5 nitrogen and oxygen atoms in total. The molecule has 4 N–H and O–H groups in total. The Morgan fingerprint density at radius 1 is 1.00 bits per heavy atom. The maximum Gasteiger partial charge on any atom is 0.145 e. The molecule has 0 fully saturated rings. The van der Waals surface area contributed by atoms with Crippen LogP contribution in [0.2, 0.25) is 0 Å². The Bertz CT molecular complexity index is 1460. The number of hydrogen-bond acceptors (Lipinski definition) is 3. The number of anilines is 1. The Morgan fingerprint density at radius 2 is 1.87 bits per heavy atom. The van der Waals surface area contributed by atoms with Gasteiger partial charge in [0.15, 0.2) is 0 Å². The zero-order valence-electron chi connectivity index (χ0n) is 16.6. The largest absolute Gasteiger partial charge is 0.487 e. The number of benzene rings is 2. The van der Waals surface area contributed by atoms with Crippen molar-refractivity contribution in [3.05, 3.63) is 105 Å². The maximum absolute atomic E-state index is 6.17. The standard InChI is InChI=1S/C25H22N4O/c1-16-7-9-20(27-16)13-24-25(30-15-17-5-3-2-4-6-17)14-23(29-24)22-12-18-11-19(26)8-10-21(18)28-22/h2-14,27,29H,15,26H2,1H3/b23-22-,24-13+. The molecule has 2 aromatic heterocycles. The Hall–Kier alpha value is -3.99. The van der Waals surface area contributed by atoms with Crippen molar-refractivity contribution in [2.24, 2.45) is 4.99 Å². The van der Waals surface area contributed by atoms with Crippen molar-refractivity contribution in [3.8, 4) is 5.75 Å². The number of nitrogens with two attached hydrogens (primary N) is 1. The van der Waals surface area contributed by atoms with E-state index >= 15 is 0 Å². The summed E-state index contributed by atoms with van der Waals surface area (Å²) in [7, 11) is 0. The van der Waals surface area contributed by atoms with Crippen molar-refractivity contribution in [2.75, 3.05) is 5.73 Å². The Balaban J connectivity index is 1.60. The molecule has 0 saturated carbocycles. The van der Waals surface area contributed by atoms with Crippen molar-refractivity contribution < 1.29 is 4.74 Å². The van der Waals surface area contributed by atoms with Crippen molar-refractivity contribution in [1.29, 1.82) is 0 Å². The van der Waals surface area contributed by atoms with E-state index < -0.39 is 0 Å². The second-order valence-corrected chi connectivity index (χ2v) is 7.44. The van der Waals surface area contributed by atoms with E-state index in [1.807, 2.05) is 55.5 Å². The number of H-pyrrole nitrogens is 2. The van der Waals surface area contributed by atoms with Crippen LogP contribution in [0.15, 0.2) is 71.7 Å². The molecule has 0 bridgehead atoms. The molecule has 0 unspecified atom stereocenters. The van der Waals surface area contributed by atoms with Gasteiger partial charge in [0.25, 0.3) is 0 Å². The predicted octanol–water partition coefficient (Wildman–Crippen LogP) is 1.86. The monoisotopic (exact) mass is 394 g/mol. The molecule has 1 aliphatic heterocycles. The van der Waals surface area contributed by atoms with Crippen LogP contribution in [0.3, 0.4) is 0 Å². The van der Waals surface area contributed by atoms with Gasteiger partial charge >= 0.3 is 0 Å². The molecule has 0 radical (unpaired) electrons. The van der Waals surface area contributed by atoms with E-state index in [-0.39, 0.29) is 0 Å². The minimum Gasteiger partial charge on any atom is -0.487 e. The zero-order valence-corrected chi connectivity index (χ0v) is 16.6. The molecule has 4 aromatic rings. The number of ether oxygens (including phenoxy) is 1. The van der Waals surface area contributed by atoms with Gasteiger partial charge in [-0.2, -0.15) is 0 Å². The van der Waals surface area contributed by atoms with Crippen LogP contribution in [-0.4, -0.2) is 9.97 Å². The van der Waals surface area contributed by atoms with Gasteiger partial charge in [-0.3, -0.25) is 0 Å². The molecule has 30 heavy (non-hydrogen) atoms. The van der Waals surface area contributed by atoms with E-state index in [2.05, 4.69) is 40.3 Å². The van der Waals surface area contributed by atoms with Gasteiger partial charge in [-0.25, -0.2) is 4.99 Å². The lowest BCUT2D eigenvalue weighted by molar-refractivity contribution is 0.304. The van der Waals surface area contributed by atoms with Gasteiger partial charge in [0.1, 0.15) is 12.4 Å². The van der Waals surface area contributed by atoms with E-state index in [9.17, 15) is 0 Å². The third kappa shape index (κ3) is 3.65. The van der Waals surface area contributed by atoms with Crippen molar-refractivity contribution >= 4 is 23.5 Å². The highest BCUT2D eigenvalue weighted by Gasteiger charge is 2.07. The summed E-state index contributed by atoms with van der Waals surface area (Å²) in [5.74, 6) is 0.785. The molecule has 1 aliphatic rings. The Labute approximate surface area is 173 Å². The Kier molecular flexibility index (Phi) is 4.48. The first kappa shape index (κ1) is 18.1. The zero-order chi connectivity index (χ0) is 20.5. The number of nitrogen functional groups attached to an aromatic ring is 1.